The molecule has 1 atom stereocenters. The van der Waals surface area contributed by atoms with Crippen LogP contribution in [0.15, 0.2) is 11.6 Å². The summed E-state index contributed by atoms with van der Waals surface area (Å²) < 4.78 is 0. The van der Waals surface area contributed by atoms with Gasteiger partial charge in [0, 0.05) is 6.04 Å². The molecule has 1 aliphatic carbocycles. The van der Waals surface area contributed by atoms with Crippen LogP contribution in [0.25, 0.3) is 0 Å². The van der Waals surface area contributed by atoms with E-state index in [1.165, 1.54) is 64.2 Å². The van der Waals surface area contributed by atoms with E-state index in [1.54, 1.807) is 5.57 Å². The van der Waals surface area contributed by atoms with Gasteiger partial charge in [0.15, 0.2) is 0 Å². The van der Waals surface area contributed by atoms with Crippen molar-refractivity contribution in [1.82, 2.24) is 0 Å². The Bertz CT molecular complexity index is 196. The second-order valence-electron chi connectivity index (χ2n) is 5.28. The van der Waals surface area contributed by atoms with Gasteiger partial charge in [0.2, 0.25) is 0 Å². The summed E-state index contributed by atoms with van der Waals surface area (Å²) >= 11 is 0. The van der Waals surface area contributed by atoms with Crippen molar-refractivity contribution in [3.63, 3.8) is 0 Å². The molecule has 0 heterocycles. The van der Waals surface area contributed by atoms with Crippen LogP contribution in [-0.4, -0.2) is 6.04 Å². The van der Waals surface area contributed by atoms with Gasteiger partial charge in [-0.25, -0.2) is 0 Å². The van der Waals surface area contributed by atoms with Gasteiger partial charge in [-0.05, 0) is 38.5 Å². The lowest BCUT2D eigenvalue weighted by molar-refractivity contribution is 0.525. The van der Waals surface area contributed by atoms with Crippen LogP contribution < -0.4 is 5.73 Å². The number of unbranched alkanes of at least 4 members (excludes halogenated alkanes) is 4. The summed E-state index contributed by atoms with van der Waals surface area (Å²) in [4.78, 5) is 0. The molecule has 1 aliphatic rings. The Morgan fingerprint density at radius 3 is 2.69 bits per heavy atom. The monoisotopic (exact) mass is 223 g/mol. The number of nitrogens with two attached hydrogens (primary N) is 1. The summed E-state index contributed by atoms with van der Waals surface area (Å²) in [7, 11) is 0. The fraction of sp³-hybridized carbons (Fsp3) is 0.867. The van der Waals surface area contributed by atoms with Gasteiger partial charge in [0.25, 0.3) is 0 Å². The maximum absolute atomic E-state index is 6.18. The lowest BCUT2D eigenvalue weighted by Gasteiger charge is -2.17. The van der Waals surface area contributed by atoms with Crippen molar-refractivity contribution in [3.05, 3.63) is 11.6 Å². The van der Waals surface area contributed by atoms with Crippen LogP contribution in [0.2, 0.25) is 0 Å². The van der Waals surface area contributed by atoms with Gasteiger partial charge in [0.05, 0.1) is 0 Å². The molecule has 0 bridgehead atoms. The molecule has 94 valence electrons. The zero-order chi connectivity index (χ0) is 11.6. The number of rotatable bonds is 8. The standard InChI is InChI=1S/C15H29N/c1-2-3-4-5-9-12-15(16)13-14-10-7-6-8-11-14/h10,15H,2-9,11-13,16H2,1H3. The Morgan fingerprint density at radius 2 is 2.00 bits per heavy atom. The van der Waals surface area contributed by atoms with Crippen molar-refractivity contribution in [2.45, 2.75) is 83.6 Å². The Kier molecular flexibility index (Phi) is 7.58. The predicted molar refractivity (Wildman–Crippen MR) is 72.5 cm³/mol. The molecule has 0 amide bonds. The first-order valence-corrected chi connectivity index (χ1v) is 7.26. The van der Waals surface area contributed by atoms with Crippen LogP contribution in [0.4, 0.5) is 0 Å². The summed E-state index contributed by atoms with van der Waals surface area (Å²) in [6.45, 7) is 2.27. The van der Waals surface area contributed by atoms with Crippen LogP contribution >= 0.6 is 0 Å². The topological polar surface area (TPSA) is 26.0 Å². The van der Waals surface area contributed by atoms with E-state index in [0.29, 0.717) is 6.04 Å². The maximum atomic E-state index is 6.18. The molecule has 0 aromatic rings. The average Bonchev–Trinajstić information content (AvgIpc) is 2.30. The summed E-state index contributed by atoms with van der Waals surface area (Å²) in [5.74, 6) is 0. The third kappa shape index (κ3) is 6.32. The molecule has 1 heteroatoms. The van der Waals surface area contributed by atoms with Crippen molar-refractivity contribution in [1.29, 1.82) is 0 Å². The Balaban J connectivity index is 2.01. The predicted octanol–water partition coefficient (Wildman–Crippen LogP) is 4.56. The van der Waals surface area contributed by atoms with E-state index in [2.05, 4.69) is 13.0 Å². The minimum atomic E-state index is 0.422. The van der Waals surface area contributed by atoms with E-state index in [9.17, 15) is 0 Å². The van der Waals surface area contributed by atoms with Crippen molar-refractivity contribution in [3.8, 4) is 0 Å². The molecule has 0 saturated carbocycles. The largest absolute Gasteiger partial charge is 0.327 e. The molecular weight excluding hydrogens is 194 g/mol. The van der Waals surface area contributed by atoms with Crippen molar-refractivity contribution < 1.29 is 0 Å². The summed E-state index contributed by atoms with van der Waals surface area (Å²) in [6, 6.07) is 0.422. The van der Waals surface area contributed by atoms with Crippen molar-refractivity contribution in [2.24, 2.45) is 5.73 Å². The zero-order valence-corrected chi connectivity index (χ0v) is 11.0. The molecule has 0 aromatic heterocycles. The highest BCUT2D eigenvalue weighted by molar-refractivity contribution is 5.06. The van der Waals surface area contributed by atoms with E-state index >= 15 is 0 Å². The fourth-order valence-corrected chi connectivity index (χ4v) is 2.54. The molecule has 0 radical (unpaired) electrons. The first kappa shape index (κ1) is 13.8. The van der Waals surface area contributed by atoms with Crippen LogP contribution in [-0.2, 0) is 0 Å². The second kappa shape index (κ2) is 8.81. The second-order valence-corrected chi connectivity index (χ2v) is 5.28. The fourth-order valence-electron chi connectivity index (χ4n) is 2.54. The summed E-state index contributed by atoms with van der Waals surface area (Å²) in [5, 5.41) is 0. The number of hydrogen-bond acceptors (Lipinski definition) is 1. The molecule has 0 fully saturated rings. The van der Waals surface area contributed by atoms with Gasteiger partial charge in [-0.3, -0.25) is 0 Å². The molecule has 0 spiro atoms. The van der Waals surface area contributed by atoms with Crippen LogP contribution in [0.5, 0.6) is 0 Å². The molecule has 1 rings (SSSR count). The lowest BCUT2D eigenvalue weighted by atomic mass is 9.93. The third-order valence-corrected chi connectivity index (χ3v) is 3.59. The zero-order valence-electron chi connectivity index (χ0n) is 11.0. The third-order valence-electron chi connectivity index (χ3n) is 3.59. The van der Waals surface area contributed by atoms with Crippen LogP contribution in [0.3, 0.4) is 0 Å². The van der Waals surface area contributed by atoms with Crippen molar-refractivity contribution in [2.75, 3.05) is 0 Å². The van der Waals surface area contributed by atoms with E-state index < -0.39 is 0 Å². The van der Waals surface area contributed by atoms with Gasteiger partial charge in [-0.1, -0.05) is 50.7 Å². The first-order chi connectivity index (χ1) is 7.83. The summed E-state index contributed by atoms with van der Waals surface area (Å²) in [5.41, 5.74) is 7.81. The number of allylic oxidation sites excluding steroid dienone is 1. The SMILES string of the molecule is CCCCCCCC(N)CC1=CCCCC1. The van der Waals surface area contributed by atoms with Gasteiger partial charge < -0.3 is 5.73 Å². The average molecular weight is 223 g/mol. The normalized spacial score (nSPS) is 18.2. The molecule has 0 saturated heterocycles. The lowest BCUT2D eigenvalue weighted by Crippen LogP contribution is -2.20. The first-order valence-electron chi connectivity index (χ1n) is 7.26. The highest BCUT2D eigenvalue weighted by atomic mass is 14.6. The van der Waals surface area contributed by atoms with Crippen molar-refractivity contribution >= 4 is 0 Å². The molecule has 1 nitrogen and oxygen atoms in total. The Morgan fingerprint density at radius 1 is 1.19 bits per heavy atom. The molecule has 0 aliphatic heterocycles. The minimum Gasteiger partial charge on any atom is -0.327 e. The number of hydrogen-bond donors (Lipinski definition) is 1. The molecular formula is C15H29N. The minimum absolute atomic E-state index is 0.422. The maximum Gasteiger partial charge on any atom is 0.00760 e. The van der Waals surface area contributed by atoms with E-state index in [-0.39, 0.29) is 0 Å². The van der Waals surface area contributed by atoms with Gasteiger partial charge in [-0.2, -0.15) is 0 Å². The highest BCUT2D eigenvalue weighted by Crippen LogP contribution is 2.22. The molecule has 1 unspecified atom stereocenters. The Hall–Kier alpha value is -0.300. The summed E-state index contributed by atoms with van der Waals surface area (Å²) in [6.07, 6.45) is 17.0. The highest BCUT2D eigenvalue weighted by Gasteiger charge is 2.08. The van der Waals surface area contributed by atoms with Gasteiger partial charge in [0.1, 0.15) is 0 Å². The molecule has 0 aromatic carbocycles. The van der Waals surface area contributed by atoms with Gasteiger partial charge >= 0.3 is 0 Å². The Labute approximate surface area is 101 Å². The van der Waals surface area contributed by atoms with E-state index in [1.807, 2.05) is 0 Å². The van der Waals surface area contributed by atoms with Crippen LogP contribution in [0, 0.1) is 0 Å². The van der Waals surface area contributed by atoms with Gasteiger partial charge in [-0.15, -0.1) is 0 Å². The molecule has 2 N–H and O–H groups in total. The van der Waals surface area contributed by atoms with Crippen LogP contribution in [0.1, 0.15) is 77.6 Å². The molecule has 16 heavy (non-hydrogen) atoms. The van der Waals surface area contributed by atoms with E-state index in [4.69, 9.17) is 5.73 Å². The quantitative estimate of drug-likeness (QED) is 0.473. The smallest absolute Gasteiger partial charge is 0.00760 e. The van der Waals surface area contributed by atoms with E-state index in [0.717, 1.165) is 6.42 Å².